The molecular formula is C18H28N5O+. The first-order valence-electron chi connectivity index (χ1n) is 7.73. The molecule has 0 radical (unpaired) electrons. The number of likely N-dealkylation sites (N-methyl/N-ethyl adjacent to an activating group) is 1. The average Bonchev–Trinajstić information content (AvgIpc) is 2.49. The highest BCUT2D eigenvalue weighted by molar-refractivity contribution is 6.03. The molecule has 0 bridgehead atoms. The van der Waals surface area contributed by atoms with Crippen LogP contribution in [0.25, 0.3) is 0 Å². The van der Waals surface area contributed by atoms with Gasteiger partial charge in [-0.3, -0.25) is 24.6 Å². The number of aliphatic imine (C=N–C) groups is 2. The highest BCUT2D eigenvalue weighted by Gasteiger charge is 2.32. The van der Waals surface area contributed by atoms with Crippen molar-refractivity contribution >= 4 is 18.6 Å². The number of aryl methyl sites for hydroxylation is 2. The summed E-state index contributed by atoms with van der Waals surface area (Å²) in [6, 6.07) is 6.31. The lowest BCUT2D eigenvalue weighted by Crippen LogP contribution is -2.48. The number of nitrogens with zero attached hydrogens (tertiary/aromatic N) is 3. The van der Waals surface area contributed by atoms with E-state index in [0.717, 1.165) is 0 Å². The summed E-state index contributed by atoms with van der Waals surface area (Å²) in [6.45, 7) is 10.1. The summed E-state index contributed by atoms with van der Waals surface area (Å²) < 4.78 is 0.317. The Morgan fingerprint density at radius 2 is 1.96 bits per heavy atom. The van der Waals surface area contributed by atoms with E-state index in [1.807, 2.05) is 14.1 Å². The maximum atomic E-state index is 12.7. The predicted molar refractivity (Wildman–Crippen MR) is 99.7 cm³/mol. The maximum absolute atomic E-state index is 12.7. The van der Waals surface area contributed by atoms with E-state index >= 15 is 0 Å². The number of benzene rings is 1. The van der Waals surface area contributed by atoms with Crippen molar-refractivity contribution in [2.45, 2.75) is 27.3 Å². The van der Waals surface area contributed by atoms with Gasteiger partial charge in [-0.2, -0.15) is 0 Å². The van der Waals surface area contributed by atoms with Gasteiger partial charge in [0.05, 0.1) is 14.1 Å². The Balaban J connectivity index is 3.28. The highest BCUT2D eigenvalue weighted by Crippen LogP contribution is 2.23. The van der Waals surface area contributed by atoms with Crippen LogP contribution in [0.15, 0.2) is 39.6 Å². The molecule has 0 aliphatic carbocycles. The summed E-state index contributed by atoms with van der Waals surface area (Å²) in [4.78, 5) is 20.4. The molecule has 0 aliphatic heterocycles. The lowest BCUT2D eigenvalue weighted by Gasteiger charge is -2.32. The fourth-order valence-electron chi connectivity index (χ4n) is 2.66. The lowest BCUT2D eigenvalue weighted by molar-refractivity contribution is -0.862. The van der Waals surface area contributed by atoms with Gasteiger partial charge in [-0.15, -0.1) is 0 Å². The molecule has 1 aromatic carbocycles. The second-order valence-corrected chi connectivity index (χ2v) is 6.43. The zero-order valence-corrected chi connectivity index (χ0v) is 15.5. The molecule has 1 aromatic rings. The van der Waals surface area contributed by atoms with Crippen LogP contribution in [-0.2, 0) is 11.3 Å². The van der Waals surface area contributed by atoms with Crippen LogP contribution in [0, 0.1) is 13.8 Å². The number of hydrogen-bond donors (Lipinski definition) is 2. The summed E-state index contributed by atoms with van der Waals surface area (Å²) in [5.41, 5.74) is 10.2. The Kier molecular flexibility index (Phi) is 6.42. The SMILES string of the molecule is C=N/C(C)=C(/C(=O)NC(N)=NC)[N+](C)(C)Cc1cc(C)ccc1C. The number of nitrogens with two attached hydrogens (primary N) is 1. The van der Waals surface area contributed by atoms with Crippen molar-refractivity contribution in [3.63, 3.8) is 0 Å². The Morgan fingerprint density at radius 3 is 2.50 bits per heavy atom. The van der Waals surface area contributed by atoms with Gasteiger partial charge < -0.3 is 5.73 Å². The van der Waals surface area contributed by atoms with Crippen molar-refractivity contribution in [1.82, 2.24) is 5.32 Å². The number of quaternary nitrogens is 1. The minimum atomic E-state index is -0.321. The van der Waals surface area contributed by atoms with Gasteiger partial charge in [-0.25, -0.2) is 0 Å². The van der Waals surface area contributed by atoms with Crippen molar-refractivity contribution < 1.29 is 9.28 Å². The number of hydrogen-bond acceptors (Lipinski definition) is 3. The third kappa shape index (κ3) is 4.76. The molecule has 6 heteroatoms. The van der Waals surface area contributed by atoms with Crippen molar-refractivity contribution in [2.24, 2.45) is 15.7 Å². The number of nitrogens with one attached hydrogen (secondary N) is 1. The predicted octanol–water partition coefficient (Wildman–Crippen LogP) is 1.87. The van der Waals surface area contributed by atoms with E-state index in [-0.39, 0.29) is 11.9 Å². The van der Waals surface area contributed by atoms with E-state index in [9.17, 15) is 4.79 Å². The second-order valence-electron chi connectivity index (χ2n) is 6.43. The van der Waals surface area contributed by atoms with Crippen molar-refractivity contribution in [3.05, 3.63) is 46.3 Å². The van der Waals surface area contributed by atoms with Crippen LogP contribution in [0.2, 0.25) is 0 Å². The van der Waals surface area contributed by atoms with E-state index in [1.54, 1.807) is 6.92 Å². The van der Waals surface area contributed by atoms with E-state index in [2.05, 4.69) is 54.1 Å². The third-order valence-corrected chi connectivity index (χ3v) is 3.95. The summed E-state index contributed by atoms with van der Waals surface area (Å²) >= 11 is 0. The van der Waals surface area contributed by atoms with Crippen LogP contribution in [0.3, 0.4) is 0 Å². The van der Waals surface area contributed by atoms with Gasteiger partial charge in [0.2, 0.25) is 5.70 Å². The van der Waals surface area contributed by atoms with Crippen molar-refractivity contribution in [3.8, 4) is 0 Å². The van der Waals surface area contributed by atoms with Crippen LogP contribution in [-0.4, -0.2) is 44.2 Å². The zero-order valence-electron chi connectivity index (χ0n) is 15.5. The molecule has 0 atom stereocenters. The lowest BCUT2D eigenvalue weighted by atomic mass is 10.0. The normalized spacial score (nSPS) is 13.3. The number of allylic oxidation sites excluding steroid dienone is 1. The fraction of sp³-hybridized carbons (Fsp3) is 0.389. The molecule has 0 aliphatic rings. The maximum Gasteiger partial charge on any atom is 0.313 e. The largest absolute Gasteiger partial charge is 0.370 e. The molecule has 24 heavy (non-hydrogen) atoms. The molecule has 6 nitrogen and oxygen atoms in total. The summed E-state index contributed by atoms with van der Waals surface area (Å²) in [7, 11) is 5.45. The van der Waals surface area contributed by atoms with Crippen molar-refractivity contribution in [1.29, 1.82) is 0 Å². The van der Waals surface area contributed by atoms with E-state index in [1.165, 1.54) is 23.7 Å². The van der Waals surface area contributed by atoms with Crippen LogP contribution in [0.1, 0.15) is 23.6 Å². The Hall–Kier alpha value is -2.47. The Morgan fingerprint density at radius 1 is 1.33 bits per heavy atom. The Bertz CT molecular complexity index is 701. The molecule has 0 fully saturated rings. The molecule has 0 spiro atoms. The summed E-state index contributed by atoms with van der Waals surface area (Å²) in [6.07, 6.45) is 0. The molecule has 0 unspecified atom stereocenters. The van der Waals surface area contributed by atoms with E-state index in [0.29, 0.717) is 22.4 Å². The molecule has 3 N–H and O–H groups in total. The molecule has 0 heterocycles. The third-order valence-electron chi connectivity index (χ3n) is 3.95. The van der Waals surface area contributed by atoms with Gasteiger partial charge in [-0.05, 0) is 33.1 Å². The Labute approximate surface area is 144 Å². The first-order chi connectivity index (χ1) is 11.1. The number of carbonyl (C=O) groups excluding carboxylic acids is 1. The smallest absolute Gasteiger partial charge is 0.313 e. The molecule has 130 valence electrons. The molecule has 0 aromatic heterocycles. The zero-order chi connectivity index (χ0) is 18.5. The topological polar surface area (TPSA) is 79.8 Å². The quantitative estimate of drug-likeness (QED) is 0.374. The summed E-state index contributed by atoms with van der Waals surface area (Å²) in [5.74, 6) is -0.251. The molecule has 1 amide bonds. The van der Waals surface area contributed by atoms with Gasteiger partial charge >= 0.3 is 5.91 Å². The van der Waals surface area contributed by atoms with Crippen LogP contribution < -0.4 is 11.1 Å². The molecule has 1 rings (SSSR count). The number of carbonyl (C=O) groups is 1. The minimum Gasteiger partial charge on any atom is -0.370 e. The second kappa shape index (κ2) is 7.88. The average molecular weight is 330 g/mol. The molecule has 0 saturated heterocycles. The fourth-order valence-corrected chi connectivity index (χ4v) is 2.66. The van der Waals surface area contributed by atoms with Gasteiger partial charge in [0.25, 0.3) is 0 Å². The van der Waals surface area contributed by atoms with Crippen LogP contribution >= 0.6 is 0 Å². The first-order valence-corrected chi connectivity index (χ1v) is 7.73. The van der Waals surface area contributed by atoms with Crippen LogP contribution in [0.5, 0.6) is 0 Å². The van der Waals surface area contributed by atoms with Crippen molar-refractivity contribution in [2.75, 3.05) is 21.1 Å². The van der Waals surface area contributed by atoms with E-state index < -0.39 is 0 Å². The van der Waals surface area contributed by atoms with E-state index in [4.69, 9.17) is 5.73 Å². The van der Waals surface area contributed by atoms with Gasteiger partial charge in [0.1, 0.15) is 12.2 Å². The monoisotopic (exact) mass is 330 g/mol. The van der Waals surface area contributed by atoms with Gasteiger partial charge in [0.15, 0.2) is 5.96 Å². The molecule has 0 saturated carbocycles. The summed E-state index contributed by atoms with van der Waals surface area (Å²) in [5, 5.41) is 2.59. The number of guanidine groups is 1. The highest BCUT2D eigenvalue weighted by atomic mass is 16.2. The van der Waals surface area contributed by atoms with Crippen LogP contribution in [0.4, 0.5) is 0 Å². The van der Waals surface area contributed by atoms with Gasteiger partial charge in [0, 0.05) is 12.6 Å². The first kappa shape index (κ1) is 19.6. The van der Waals surface area contributed by atoms with Gasteiger partial charge in [-0.1, -0.05) is 23.8 Å². The standard InChI is InChI=1S/C18H27N5O/c1-12-8-9-13(2)15(10-12)11-23(6,7)16(14(3)20-4)17(24)22-18(19)21-5/h8-10H,4,11H2,1-3,5-7H3,(H2-,19,21,22,24)/p+1/b16-14-. The number of rotatable bonds is 5. The molecular weight excluding hydrogens is 302 g/mol. The number of amides is 1. The minimum absolute atomic E-state index is 0.0705.